The number of halogens is 34. The summed E-state index contributed by atoms with van der Waals surface area (Å²) in [5, 5.41) is -2.04. The van der Waals surface area contributed by atoms with Crippen molar-refractivity contribution in [1.82, 2.24) is 0 Å². The van der Waals surface area contributed by atoms with Crippen molar-refractivity contribution < 1.29 is 137 Å². The Bertz CT molecular complexity index is 3140. The van der Waals surface area contributed by atoms with Crippen LogP contribution in [0.3, 0.4) is 0 Å². The van der Waals surface area contributed by atoms with Crippen molar-refractivity contribution >= 4 is 119 Å². The topological polar surface area (TPSA) is 16.6 Å². The Morgan fingerprint density at radius 1 is 0.193 bits per heavy atom. The fraction of sp³-hybridized carbons (Fsp3) is 0.160. The van der Waals surface area contributed by atoms with Crippen LogP contribution in [0.1, 0.15) is 33.4 Å². The number of quaternary nitrogens is 1. The zero-order valence-electron chi connectivity index (χ0n) is 43.6. The molecule has 0 heterocycles. The zero-order valence-corrected chi connectivity index (χ0v) is 51.1. The Hall–Kier alpha value is -5.39. The Balaban J connectivity index is 0.000000922. The first-order valence-electron chi connectivity index (χ1n) is 22.6. The minimum absolute atomic E-state index is 0. The second-order valence-electron chi connectivity index (χ2n) is 17.9. The maximum atomic E-state index is 16.5. The maximum absolute atomic E-state index is 16.5. The van der Waals surface area contributed by atoms with Crippen molar-refractivity contribution in [2.45, 2.75) is 41.5 Å². The molecule has 0 aliphatic rings. The van der Waals surface area contributed by atoms with Crippen LogP contribution in [0.5, 0.6) is 0 Å². The first-order chi connectivity index (χ1) is 40.1. The summed E-state index contributed by atoms with van der Waals surface area (Å²) in [5.74, 6) is -122. The molecule has 0 aliphatic carbocycles. The average molecular weight is 1580 g/mol. The van der Waals surface area contributed by atoms with E-state index in [9.17, 15) is 26.3 Å². The molecule has 0 amide bonds. The summed E-state index contributed by atoms with van der Waals surface area (Å²) in [6, 6.07) is 0. The van der Waals surface area contributed by atoms with Crippen LogP contribution in [0.4, 0.5) is 132 Å². The monoisotopic (exact) mass is 1580 g/mol. The number of rotatable bonds is 8. The third-order valence-electron chi connectivity index (χ3n) is 14.1. The zero-order chi connectivity index (χ0) is 67.4. The molecule has 0 aromatic heterocycles. The van der Waals surface area contributed by atoms with Gasteiger partial charge in [-0.1, -0.05) is 32.8 Å². The van der Waals surface area contributed by atoms with Gasteiger partial charge in [-0.25, -0.2) is 132 Å². The third-order valence-corrected chi connectivity index (χ3v) is 14.1. The Morgan fingerprint density at radius 2 is 0.261 bits per heavy atom. The molecule has 0 bridgehead atoms. The van der Waals surface area contributed by atoms with Gasteiger partial charge in [-0.15, -0.1) is 46.4 Å². The number of alkyl halides is 4. The van der Waals surface area contributed by atoms with Gasteiger partial charge in [0.1, 0.15) is 69.8 Å². The van der Waals surface area contributed by atoms with Crippen LogP contribution in [0, 0.1) is 216 Å². The van der Waals surface area contributed by atoms with Crippen LogP contribution >= 0.6 is 46.4 Å². The molecule has 0 saturated heterocycles. The Kier molecular flexibility index (Phi) is 25.2. The quantitative estimate of drug-likeness (QED) is 0.0513. The largest absolute Gasteiger partial charge is 1.00 e. The van der Waals surface area contributed by atoms with E-state index in [0.717, 1.165) is 0 Å². The average Bonchev–Trinajstić information content (AvgIpc) is 0.718. The number of hydrogen-bond acceptors (Lipinski definition) is 0. The van der Waals surface area contributed by atoms with Crippen LogP contribution in [-0.2, 0) is 0 Å². The van der Waals surface area contributed by atoms with Crippen molar-refractivity contribution in [2.24, 2.45) is 0 Å². The van der Waals surface area contributed by atoms with Crippen molar-refractivity contribution in [1.29, 1.82) is 0 Å². The molecule has 7 rings (SSSR count). The maximum Gasteiger partial charge on any atom is 1.00 e. The van der Waals surface area contributed by atoms with Crippen LogP contribution in [-0.4, -0.2) is 50.5 Å². The first kappa shape index (κ1) is 76.9. The fourth-order valence-electron chi connectivity index (χ4n) is 9.69. The molecule has 7 aromatic rings. The molecular weight excluding hydrogens is 1550 g/mol. The van der Waals surface area contributed by atoms with Gasteiger partial charge in [0.05, 0.1) is 10.7 Å². The summed E-state index contributed by atoms with van der Waals surface area (Å²) in [6.45, 7) is 13.3. The molecule has 0 spiro atoms. The van der Waals surface area contributed by atoms with E-state index < -0.39 is 225 Å². The summed E-state index contributed by atoms with van der Waals surface area (Å²) in [5.41, 5.74) is -16.4. The number of nitrogens with two attached hydrogens (primary N) is 1. The van der Waals surface area contributed by atoms with Gasteiger partial charge in [0.25, 0.3) is 12.6 Å². The second kappa shape index (κ2) is 28.8. The molecule has 0 aliphatic heterocycles. The van der Waals surface area contributed by atoms with Crippen LogP contribution in [0.2, 0.25) is 0 Å². The Morgan fingerprint density at radius 3 is 0.341 bits per heavy atom. The summed E-state index contributed by atoms with van der Waals surface area (Å²) < 4.78 is 470. The second-order valence-corrected chi connectivity index (χ2v) is 19.5. The molecule has 88 heavy (non-hydrogen) atoms. The van der Waals surface area contributed by atoms with Gasteiger partial charge in [0.15, 0.2) is 105 Å². The van der Waals surface area contributed by atoms with E-state index in [1.807, 2.05) is 0 Å². The number of hydrogen-bond donors (Lipinski definition) is 1. The van der Waals surface area contributed by atoms with E-state index in [1.165, 1.54) is 33.4 Å². The van der Waals surface area contributed by atoms with E-state index in [2.05, 4.69) is 41.5 Å². The molecule has 2 N–H and O–H groups in total. The smallest absolute Gasteiger partial charge is 0.718 e. The molecule has 1 nitrogen and oxygen atoms in total. The number of benzene rings is 7. The van der Waals surface area contributed by atoms with E-state index >= 15 is 105 Å². The summed E-state index contributed by atoms with van der Waals surface area (Å²) in [7, 11) is 0. The molecule has 0 unspecified atom stereocenters. The minimum Gasteiger partial charge on any atom is -0.718 e. The van der Waals surface area contributed by atoms with Crippen molar-refractivity contribution in [2.75, 3.05) is 10.7 Å². The normalized spacial score (nSPS) is 11.5. The van der Waals surface area contributed by atoms with Gasteiger partial charge >= 0.3 is 27.3 Å². The summed E-state index contributed by atoms with van der Waals surface area (Å²) in [6.07, 6.45) is -16.4. The molecule has 0 atom stereocenters. The molecule has 0 fully saturated rings. The molecule has 0 radical (unpaired) electrons. The van der Waals surface area contributed by atoms with Crippen LogP contribution in [0.15, 0.2) is 0 Å². The fourth-order valence-corrected chi connectivity index (χ4v) is 9.69. The molecule has 7 aromatic carbocycles. The van der Waals surface area contributed by atoms with Crippen molar-refractivity contribution in [3.8, 4) is 0 Å². The molecule has 38 heteroatoms. The van der Waals surface area contributed by atoms with Crippen molar-refractivity contribution in [3.63, 3.8) is 0 Å². The van der Waals surface area contributed by atoms with Crippen LogP contribution in [0.25, 0.3) is 0 Å². The third kappa shape index (κ3) is 12.2. The Labute approximate surface area is 513 Å². The van der Waals surface area contributed by atoms with E-state index in [-0.39, 0.29) is 38.0 Å². The standard InChI is InChI=1S/C36H2B2F30N.C12H18.2CH2Cl2.Tl/c39-7-1(8(40)20(52)31(63)19(7)51)37(2-9(41)21(53)32(64)22(54)10(2)42,3-11(43)23(55)33(65)24(56)12(3)44)69-38(4-13(45)25(57)34(66)26(58)14(4)46,5-15(47)27(59)35(67)28(60)16(5)48)6-17(49)29(61)36(68)30(62)18(6)50;1-7-8(2)10(4)12(6)11(5)9(7)3;2*2-1-3;/h69H2;1-6H3;2*1H2;/q-1;;;;+1. The van der Waals surface area contributed by atoms with Gasteiger partial charge in [0, 0.05) is 0 Å². The van der Waals surface area contributed by atoms with E-state index in [4.69, 9.17) is 46.4 Å². The van der Waals surface area contributed by atoms with Crippen molar-refractivity contribution in [3.05, 3.63) is 208 Å². The van der Waals surface area contributed by atoms with Gasteiger partial charge in [-0.3, -0.25) is 0 Å². The predicted octanol–water partition coefficient (Wildman–Crippen LogP) is 13.1. The van der Waals surface area contributed by atoms with Gasteiger partial charge in [-0.05, 0) is 74.9 Å². The van der Waals surface area contributed by atoms with E-state index in [1.54, 1.807) is 0 Å². The van der Waals surface area contributed by atoms with Gasteiger partial charge < -0.3 is 5.14 Å². The van der Waals surface area contributed by atoms with E-state index in [0.29, 0.717) is 0 Å². The SMILES string of the molecule is Cc1c(C)c(C)c(C)c(C)c1C.ClCCl.ClCCl.Fc1c(F)c(F)c([B-]([NH2+][B-](c2c(F)c(F)c(F)c(F)c2F)(c2c(F)c(F)c(F)c(F)c2F)c2c(F)c(F)c(F)c(F)c2F)(c2c(F)c(F)c(F)c(F)c2F)c2c(F)c(F)c(F)c(F)c2F)c(F)c1F.[Tl+]. The van der Waals surface area contributed by atoms with Gasteiger partial charge in [-0.2, -0.15) is 0 Å². The molecular formula is C50H24B2Cl4F30NTl. The predicted molar refractivity (Wildman–Crippen MR) is 262 cm³/mol. The summed E-state index contributed by atoms with van der Waals surface area (Å²) >= 11 is 19.1. The molecule has 0 saturated carbocycles. The molecule has 476 valence electrons. The van der Waals surface area contributed by atoms with Crippen LogP contribution < -0.4 is 37.9 Å². The minimum atomic E-state index is -8.20. The van der Waals surface area contributed by atoms with Gasteiger partial charge in [0.2, 0.25) is 0 Å². The summed E-state index contributed by atoms with van der Waals surface area (Å²) in [4.78, 5) is 0. The first-order valence-corrected chi connectivity index (χ1v) is 24.8.